The van der Waals surface area contributed by atoms with Crippen molar-refractivity contribution in [1.29, 1.82) is 0 Å². The predicted octanol–water partition coefficient (Wildman–Crippen LogP) is 5.19. The van der Waals surface area contributed by atoms with Crippen LogP contribution in [0.15, 0.2) is 60.7 Å². The highest BCUT2D eigenvalue weighted by atomic mass is 19.4. The summed E-state index contributed by atoms with van der Waals surface area (Å²) in [6.45, 7) is 8.33. The minimum absolute atomic E-state index is 0.0821. The van der Waals surface area contributed by atoms with E-state index in [1.165, 1.54) is 31.3 Å². The molecule has 36 heavy (non-hydrogen) atoms. The average Bonchev–Trinajstić information content (AvgIpc) is 3.26. The molecule has 3 aromatic rings. The average molecular weight is 502 g/mol. The molecular formula is C27H30F3N3O3. The molecule has 1 aliphatic heterocycles. The molecule has 2 unspecified atom stereocenters. The SMILES string of the molecule is CC(C)N1CC2C(CNCc3cccc(OC(F)(F)F)c3)C2C1.O=C(O)c1ccc2ccccc2n1. The zero-order valence-corrected chi connectivity index (χ0v) is 20.2. The van der Waals surface area contributed by atoms with Gasteiger partial charge in [0.2, 0.25) is 0 Å². The number of hydrogen-bond acceptors (Lipinski definition) is 5. The molecule has 1 saturated carbocycles. The van der Waals surface area contributed by atoms with Gasteiger partial charge in [-0.15, -0.1) is 13.2 Å². The van der Waals surface area contributed by atoms with E-state index in [2.05, 4.69) is 33.8 Å². The number of para-hydroxylation sites is 1. The highest BCUT2D eigenvalue weighted by Gasteiger charge is 2.55. The Kier molecular flexibility index (Phi) is 7.80. The number of carbonyl (C=O) groups is 1. The number of nitrogens with one attached hydrogen (secondary N) is 1. The number of hydrogen-bond donors (Lipinski definition) is 2. The van der Waals surface area contributed by atoms with Crippen molar-refractivity contribution in [2.45, 2.75) is 32.8 Å². The first-order valence-corrected chi connectivity index (χ1v) is 12.0. The summed E-state index contributed by atoms with van der Waals surface area (Å²) in [7, 11) is 0. The van der Waals surface area contributed by atoms with E-state index in [-0.39, 0.29) is 11.4 Å². The molecule has 6 nitrogen and oxygen atoms in total. The Morgan fingerprint density at radius 1 is 1.11 bits per heavy atom. The number of carboxylic acid groups (broad SMARTS) is 1. The summed E-state index contributed by atoms with van der Waals surface area (Å²) < 4.78 is 40.6. The summed E-state index contributed by atoms with van der Waals surface area (Å²) in [4.78, 5) is 17.1. The van der Waals surface area contributed by atoms with Gasteiger partial charge in [-0.05, 0) is 68.0 Å². The van der Waals surface area contributed by atoms with Crippen LogP contribution in [0.25, 0.3) is 10.9 Å². The second-order valence-electron chi connectivity index (χ2n) is 9.56. The first-order chi connectivity index (χ1) is 17.1. The lowest BCUT2D eigenvalue weighted by Gasteiger charge is -2.23. The normalized spacial score (nSPS) is 21.1. The third kappa shape index (κ3) is 6.73. The Morgan fingerprint density at radius 3 is 2.50 bits per heavy atom. The van der Waals surface area contributed by atoms with Gasteiger partial charge >= 0.3 is 12.3 Å². The fraction of sp³-hybridized carbons (Fsp3) is 0.407. The van der Waals surface area contributed by atoms with Crippen molar-refractivity contribution in [3.63, 3.8) is 0 Å². The van der Waals surface area contributed by atoms with Gasteiger partial charge in [-0.2, -0.15) is 0 Å². The van der Waals surface area contributed by atoms with Crippen LogP contribution in [0.4, 0.5) is 13.2 Å². The van der Waals surface area contributed by atoms with Crippen LogP contribution in [0.3, 0.4) is 0 Å². The number of halogens is 3. The molecular weight excluding hydrogens is 471 g/mol. The van der Waals surface area contributed by atoms with Crippen molar-refractivity contribution in [1.82, 2.24) is 15.2 Å². The smallest absolute Gasteiger partial charge is 0.477 e. The molecule has 2 aliphatic rings. The Morgan fingerprint density at radius 2 is 1.83 bits per heavy atom. The lowest BCUT2D eigenvalue weighted by atomic mass is 10.2. The van der Waals surface area contributed by atoms with Crippen molar-refractivity contribution < 1.29 is 27.8 Å². The van der Waals surface area contributed by atoms with Gasteiger partial charge in [-0.25, -0.2) is 9.78 Å². The van der Waals surface area contributed by atoms with Crippen molar-refractivity contribution >= 4 is 16.9 Å². The molecule has 0 radical (unpaired) electrons. The predicted molar refractivity (Wildman–Crippen MR) is 131 cm³/mol. The van der Waals surface area contributed by atoms with Crippen molar-refractivity contribution in [3.05, 3.63) is 71.9 Å². The maximum atomic E-state index is 12.2. The standard InChI is InChI=1S/C17H23F3N2O.C10H7NO2/c1-11(2)22-9-15-14(16(15)10-22)8-21-7-12-4-3-5-13(6-12)23-17(18,19)20;12-10(13)9-6-5-7-3-1-2-4-8(7)11-9/h3-6,11,14-16,21H,7-10H2,1-2H3;1-6H,(H,12,13). The van der Waals surface area contributed by atoms with E-state index >= 15 is 0 Å². The molecule has 2 fully saturated rings. The molecule has 1 aliphatic carbocycles. The van der Waals surface area contributed by atoms with E-state index in [0.29, 0.717) is 18.1 Å². The van der Waals surface area contributed by atoms with Gasteiger partial charge in [0, 0.05) is 31.1 Å². The second kappa shape index (κ2) is 10.8. The fourth-order valence-electron chi connectivity index (χ4n) is 4.83. The van der Waals surface area contributed by atoms with Crippen LogP contribution >= 0.6 is 0 Å². The number of ether oxygens (including phenoxy) is 1. The number of aromatic nitrogens is 1. The minimum atomic E-state index is -4.64. The quantitative estimate of drug-likeness (QED) is 0.464. The third-order valence-electron chi connectivity index (χ3n) is 6.79. The highest BCUT2D eigenvalue weighted by Crippen LogP contribution is 2.51. The summed E-state index contributed by atoms with van der Waals surface area (Å²) in [5, 5.41) is 13.0. The monoisotopic (exact) mass is 501 g/mol. The highest BCUT2D eigenvalue weighted by molar-refractivity contribution is 5.89. The van der Waals surface area contributed by atoms with E-state index in [1.807, 2.05) is 24.3 Å². The summed E-state index contributed by atoms with van der Waals surface area (Å²) in [6, 6.07) is 17.5. The Balaban J connectivity index is 0.000000197. The van der Waals surface area contributed by atoms with E-state index in [0.717, 1.165) is 35.2 Å². The molecule has 0 bridgehead atoms. The van der Waals surface area contributed by atoms with Gasteiger partial charge in [0.05, 0.1) is 5.52 Å². The van der Waals surface area contributed by atoms with Gasteiger partial charge in [-0.3, -0.25) is 0 Å². The van der Waals surface area contributed by atoms with Crippen LogP contribution in [-0.4, -0.2) is 53.0 Å². The van der Waals surface area contributed by atoms with Crippen molar-refractivity contribution in [2.75, 3.05) is 19.6 Å². The number of pyridine rings is 1. The van der Waals surface area contributed by atoms with Crippen molar-refractivity contribution in [3.8, 4) is 5.75 Å². The lowest BCUT2D eigenvalue weighted by Crippen LogP contribution is -2.32. The topological polar surface area (TPSA) is 74.7 Å². The maximum Gasteiger partial charge on any atom is 0.573 e. The molecule has 1 aromatic heterocycles. The van der Waals surface area contributed by atoms with Crippen LogP contribution in [-0.2, 0) is 6.54 Å². The van der Waals surface area contributed by atoms with Gasteiger partial charge in [0.15, 0.2) is 0 Å². The van der Waals surface area contributed by atoms with Crippen LogP contribution in [0.5, 0.6) is 5.75 Å². The summed E-state index contributed by atoms with van der Waals surface area (Å²) >= 11 is 0. The molecule has 5 rings (SSSR count). The molecule has 0 amide bonds. The summed E-state index contributed by atoms with van der Waals surface area (Å²) in [5.74, 6) is 1.16. The first-order valence-electron chi connectivity index (χ1n) is 12.0. The maximum absolute atomic E-state index is 12.2. The molecule has 192 valence electrons. The molecule has 2 heterocycles. The summed E-state index contributed by atoms with van der Waals surface area (Å²) in [5.41, 5.74) is 1.60. The molecule has 0 spiro atoms. The first kappa shape index (κ1) is 25.9. The minimum Gasteiger partial charge on any atom is -0.477 e. The van der Waals surface area contributed by atoms with Crippen LogP contribution in [0, 0.1) is 17.8 Å². The van der Waals surface area contributed by atoms with Crippen LogP contribution < -0.4 is 10.1 Å². The van der Waals surface area contributed by atoms with Gasteiger partial charge in [0.25, 0.3) is 0 Å². The van der Waals surface area contributed by atoms with Gasteiger partial charge < -0.3 is 20.1 Å². The Labute approximate surface area is 208 Å². The number of piperidine rings is 1. The third-order valence-corrected chi connectivity index (χ3v) is 6.79. The number of benzene rings is 2. The molecule has 2 aromatic carbocycles. The zero-order chi connectivity index (χ0) is 25.9. The molecule has 2 N–H and O–H groups in total. The number of rotatable bonds is 7. The van der Waals surface area contributed by atoms with Gasteiger partial charge in [0.1, 0.15) is 11.4 Å². The number of fused-ring (bicyclic) bond motifs is 2. The van der Waals surface area contributed by atoms with Crippen LogP contribution in [0.2, 0.25) is 0 Å². The molecule has 9 heteroatoms. The lowest BCUT2D eigenvalue weighted by molar-refractivity contribution is -0.274. The number of carboxylic acids is 1. The fourth-order valence-corrected chi connectivity index (χ4v) is 4.83. The second-order valence-corrected chi connectivity index (χ2v) is 9.56. The van der Waals surface area contributed by atoms with Crippen molar-refractivity contribution in [2.24, 2.45) is 17.8 Å². The molecule has 1 saturated heterocycles. The van der Waals surface area contributed by atoms with E-state index in [4.69, 9.17) is 5.11 Å². The number of nitrogens with zero attached hydrogens (tertiary/aromatic N) is 2. The number of alkyl halides is 3. The number of likely N-dealkylation sites (tertiary alicyclic amines) is 1. The zero-order valence-electron chi connectivity index (χ0n) is 20.2. The summed E-state index contributed by atoms with van der Waals surface area (Å²) in [6.07, 6.45) is -4.64. The Bertz CT molecular complexity index is 1190. The van der Waals surface area contributed by atoms with Gasteiger partial charge in [-0.1, -0.05) is 36.4 Å². The van der Waals surface area contributed by atoms with Crippen LogP contribution in [0.1, 0.15) is 29.9 Å². The Hall–Kier alpha value is -3.17. The van der Waals surface area contributed by atoms with E-state index in [9.17, 15) is 18.0 Å². The van der Waals surface area contributed by atoms with E-state index in [1.54, 1.807) is 18.2 Å². The van der Waals surface area contributed by atoms with E-state index < -0.39 is 12.3 Å². The number of aromatic carboxylic acids is 1. The largest absolute Gasteiger partial charge is 0.573 e. The molecule has 2 atom stereocenters.